The number of hydrogen-bond donors (Lipinski definition) is 1. The van der Waals surface area contributed by atoms with Gasteiger partial charge in [-0.3, -0.25) is 9.36 Å². The molecule has 1 heterocycles. The number of pyridine rings is 1. The highest BCUT2D eigenvalue weighted by atomic mass is 16.1. The average Bonchev–Trinajstić information content (AvgIpc) is 2.87. The van der Waals surface area contributed by atoms with E-state index in [1.165, 1.54) is 16.8 Å². The van der Waals surface area contributed by atoms with Gasteiger partial charge >= 0.3 is 0 Å². The molecule has 104 valence electrons. The normalized spacial score (nSPS) is 13.6. The van der Waals surface area contributed by atoms with Crippen molar-refractivity contribution in [1.82, 2.24) is 4.57 Å². The van der Waals surface area contributed by atoms with E-state index in [1.54, 1.807) is 0 Å². The standard InChI is InChI=1S/C17H20N2O/c1-11-6-7-15(12(2)8-11)19-16-5-3-4-13(16)9-14(10-18)17(19)20/h6-9H,3-5,10,18H2,1-2H3. The Bertz CT molecular complexity index is 729. The molecular formula is C17H20N2O. The van der Waals surface area contributed by atoms with Crippen LogP contribution in [0.4, 0.5) is 0 Å². The van der Waals surface area contributed by atoms with E-state index in [1.807, 2.05) is 16.7 Å². The van der Waals surface area contributed by atoms with E-state index in [0.717, 1.165) is 30.5 Å². The molecule has 1 aromatic heterocycles. The molecule has 0 bridgehead atoms. The van der Waals surface area contributed by atoms with E-state index >= 15 is 0 Å². The second kappa shape index (κ2) is 4.91. The molecule has 1 aliphatic rings. The van der Waals surface area contributed by atoms with E-state index in [9.17, 15) is 4.79 Å². The molecule has 0 saturated carbocycles. The number of rotatable bonds is 2. The zero-order chi connectivity index (χ0) is 14.3. The Balaban J connectivity index is 2.33. The SMILES string of the molecule is Cc1ccc(-n2c3c(cc(CN)c2=O)CCC3)c(C)c1. The minimum absolute atomic E-state index is 0.0418. The molecule has 3 nitrogen and oxygen atoms in total. The molecule has 0 aliphatic heterocycles. The van der Waals surface area contributed by atoms with Crippen LogP contribution in [0.5, 0.6) is 0 Å². The first kappa shape index (κ1) is 13.1. The molecular weight excluding hydrogens is 248 g/mol. The van der Waals surface area contributed by atoms with Crippen LogP contribution in [0.2, 0.25) is 0 Å². The summed E-state index contributed by atoms with van der Waals surface area (Å²) in [5, 5.41) is 0. The average molecular weight is 268 g/mol. The van der Waals surface area contributed by atoms with Crippen molar-refractivity contribution in [3.8, 4) is 5.69 Å². The molecule has 3 heteroatoms. The summed E-state index contributed by atoms with van der Waals surface area (Å²) in [6.07, 6.45) is 3.14. The van der Waals surface area contributed by atoms with Crippen LogP contribution < -0.4 is 11.3 Å². The van der Waals surface area contributed by atoms with Crippen LogP contribution in [0.15, 0.2) is 29.1 Å². The van der Waals surface area contributed by atoms with Crippen molar-refractivity contribution in [2.45, 2.75) is 39.7 Å². The Morgan fingerprint density at radius 1 is 1.20 bits per heavy atom. The highest BCUT2D eigenvalue weighted by Crippen LogP contribution is 2.25. The van der Waals surface area contributed by atoms with Crippen molar-refractivity contribution < 1.29 is 0 Å². The van der Waals surface area contributed by atoms with Gasteiger partial charge in [-0.15, -0.1) is 0 Å². The molecule has 3 rings (SSSR count). The first-order valence-corrected chi connectivity index (χ1v) is 7.16. The Hall–Kier alpha value is -1.87. The fourth-order valence-electron chi connectivity index (χ4n) is 3.16. The maximum Gasteiger partial charge on any atom is 0.259 e. The molecule has 0 fully saturated rings. The van der Waals surface area contributed by atoms with Crippen LogP contribution in [0.25, 0.3) is 5.69 Å². The third-order valence-electron chi connectivity index (χ3n) is 4.14. The molecule has 0 unspecified atom stereocenters. The summed E-state index contributed by atoms with van der Waals surface area (Å²) in [6, 6.07) is 8.24. The highest BCUT2D eigenvalue weighted by Gasteiger charge is 2.20. The molecule has 1 aliphatic carbocycles. The van der Waals surface area contributed by atoms with Crippen LogP contribution >= 0.6 is 0 Å². The lowest BCUT2D eigenvalue weighted by Crippen LogP contribution is -2.27. The number of aromatic nitrogens is 1. The predicted molar refractivity (Wildman–Crippen MR) is 81.4 cm³/mol. The van der Waals surface area contributed by atoms with Gasteiger partial charge in [0.1, 0.15) is 0 Å². The minimum atomic E-state index is 0.0418. The number of hydrogen-bond acceptors (Lipinski definition) is 2. The molecule has 0 spiro atoms. The predicted octanol–water partition coefficient (Wildman–Crippen LogP) is 2.40. The van der Waals surface area contributed by atoms with Crippen LogP contribution in [0, 0.1) is 13.8 Å². The number of fused-ring (bicyclic) bond motifs is 1. The van der Waals surface area contributed by atoms with E-state index in [2.05, 4.69) is 26.0 Å². The lowest BCUT2D eigenvalue weighted by Gasteiger charge is -2.16. The fourth-order valence-corrected chi connectivity index (χ4v) is 3.16. The largest absolute Gasteiger partial charge is 0.326 e. The van der Waals surface area contributed by atoms with Gasteiger partial charge in [0.2, 0.25) is 0 Å². The zero-order valence-electron chi connectivity index (χ0n) is 12.1. The van der Waals surface area contributed by atoms with Gasteiger partial charge in [0.15, 0.2) is 0 Å². The highest BCUT2D eigenvalue weighted by molar-refractivity contribution is 5.47. The van der Waals surface area contributed by atoms with Gasteiger partial charge in [0, 0.05) is 17.8 Å². The molecule has 0 atom stereocenters. The van der Waals surface area contributed by atoms with E-state index in [-0.39, 0.29) is 5.56 Å². The third-order valence-corrected chi connectivity index (χ3v) is 4.14. The van der Waals surface area contributed by atoms with Crippen molar-refractivity contribution in [3.05, 3.63) is 62.6 Å². The molecule has 1 aromatic carbocycles. The minimum Gasteiger partial charge on any atom is -0.326 e. The number of aryl methyl sites for hydroxylation is 3. The Kier molecular flexibility index (Phi) is 3.22. The summed E-state index contributed by atoms with van der Waals surface area (Å²) in [5.74, 6) is 0. The maximum absolute atomic E-state index is 12.7. The van der Waals surface area contributed by atoms with E-state index in [0.29, 0.717) is 12.1 Å². The van der Waals surface area contributed by atoms with Crippen LogP contribution in [-0.4, -0.2) is 4.57 Å². The van der Waals surface area contributed by atoms with Crippen LogP contribution in [-0.2, 0) is 19.4 Å². The third kappa shape index (κ3) is 1.98. The number of nitrogens with zero attached hydrogens (tertiary/aromatic N) is 1. The van der Waals surface area contributed by atoms with Crippen molar-refractivity contribution in [3.63, 3.8) is 0 Å². The van der Waals surface area contributed by atoms with Crippen molar-refractivity contribution >= 4 is 0 Å². The molecule has 0 saturated heterocycles. The molecule has 0 amide bonds. The number of benzene rings is 1. The molecule has 20 heavy (non-hydrogen) atoms. The molecule has 2 aromatic rings. The maximum atomic E-state index is 12.7. The van der Waals surface area contributed by atoms with E-state index in [4.69, 9.17) is 5.73 Å². The second-order valence-electron chi connectivity index (χ2n) is 5.63. The summed E-state index contributed by atoms with van der Waals surface area (Å²) >= 11 is 0. The topological polar surface area (TPSA) is 48.0 Å². The van der Waals surface area contributed by atoms with E-state index < -0.39 is 0 Å². The van der Waals surface area contributed by atoms with Crippen molar-refractivity contribution in [2.24, 2.45) is 5.73 Å². The fraction of sp³-hybridized carbons (Fsp3) is 0.353. The number of nitrogens with two attached hydrogens (primary N) is 1. The van der Waals surface area contributed by atoms with Gasteiger partial charge in [-0.1, -0.05) is 17.7 Å². The zero-order valence-corrected chi connectivity index (χ0v) is 12.1. The second-order valence-corrected chi connectivity index (χ2v) is 5.63. The summed E-state index contributed by atoms with van der Waals surface area (Å²) in [6.45, 7) is 4.43. The van der Waals surface area contributed by atoms with Crippen LogP contribution in [0.3, 0.4) is 0 Å². The van der Waals surface area contributed by atoms with Gasteiger partial charge in [-0.05, 0) is 56.4 Å². The van der Waals surface area contributed by atoms with Gasteiger partial charge in [0.25, 0.3) is 5.56 Å². The summed E-state index contributed by atoms with van der Waals surface area (Å²) in [4.78, 5) is 12.7. The first-order chi connectivity index (χ1) is 9.61. The van der Waals surface area contributed by atoms with Gasteiger partial charge in [-0.2, -0.15) is 0 Å². The Morgan fingerprint density at radius 2 is 2.00 bits per heavy atom. The Labute approximate surface area is 119 Å². The van der Waals surface area contributed by atoms with Crippen molar-refractivity contribution in [1.29, 1.82) is 0 Å². The quantitative estimate of drug-likeness (QED) is 0.909. The van der Waals surface area contributed by atoms with Gasteiger partial charge in [0.05, 0.1) is 5.69 Å². The summed E-state index contributed by atoms with van der Waals surface area (Å²) in [5.41, 5.74) is 12.3. The van der Waals surface area contributed by atoms with Gasteiger partial charge < -0.3 is 5.73 Å². The summed E-state index contributed by atoms with van der Waals surface area (Å²) in [7, 11) is 0. The smallest absolute Gasteiger partial charge is 0.259 e. The van der Waals surface area contributed by atoms with Crippen LogP contribution in [0.1, 0.15) is 34.4 Å². The first-order valence-electron chi connectivity index (χ1n) is 7.16. The molecule has 0 radical (unpaired) electrons. The monoisotopic (exact) mass is 268 g/mol. The Morgan fingerprint density at radius 3 is 2.70 bits per heavy atom. The lowest BCUT2D eigenvalue weighted by molar-refractivity contribution is 0.834. The molecule has 2 N–H and O–H groups in total. The lowest BCUT2D eigenvalue weighted by atomic mass is 10.1. The summed E-state index contributed by atoms with van der Waals surface area (Å²) < 4.78 is 1.89. The van der Waals surface area contributed by atoms with Gasteiger partial charge in [-0.25, -0.2) is 0 Å². The van der Waals surface area contributed by atoms with Crippen molar-refractivity contribution in [2.75, 3.05) is 0 Å².